The van der Waals surface area contributed by atoms with Crippen molar-refractivity contribution in [2.24, 2.45) is 5.92 Å². The van der Waals surface area contributed by atoms with Gasteiger partial charge in [0.2, 0.25) is 0 Å². The van der Waals surface area contributed by atoms with Crippen LogP contribution in [0.5, 0.6) is 5.75 Å². The SMILES string of the molecule is CCC(CC(C)n1c2ccccc2c2ccccc21)C(=O)Oc1c[c-]c(-c2ccccn2)cc1.[Ir].[c-]1ccccc1-c1ccccn1. The van der Waals surface area contributed by atoms with Crippen LogP contribution in [-0.4, -0.2) is 20.5 Å². The van der Waals surface area contributed by atoms with Crippen molar-refractivity contribution in [3.05, 3.63) is 152 Å². The Balaban J connectivity index is 0.000000280. The van der Waals surface area contributed by atoms with Crippen LogP contribution in [0.4, 0.5) is 0 Å². The molecule has 237 valence electrons. The normalized spacial score (nSPS) is 12.0. The van der Waals surface area contributed by atoms with Crippen LogP contribution < -0.4 is 4.74 Å². The molecule has 3 heterocycles. The van der Waals surface area contributed by atoms with Crippen LogP contribution in [0.1, 0.15) is 32.7 Å². The number of hydrogen-bond donors (Lipinski definition) is 0. The van der Waals surface area contributed by atoms with Crippen LogP contribution in [0, 0.1) is 18.1 Å². The van der Waals surface area contributed by atoms with Crippen LogP contribution >= 0.6 is 0 Å². The van der Waals surface area contributed by atoms with E-state index in [1.165, 1.54) is 21.8 Å². The Morgan fingerprint density at radius 2 is 1.30 bits per heavy atom. The van der Waals surface area contributed by atoms with E-state index in [9.17, 15) is 4.79 Å². The van der Waals surface area contributed by atoms with E-state index in [0.717, 1.165) is 28.9 Å². The molecule has 2 atom stereocenters. The van der Waals surface area contributed by atoms with E-state index in [1.807, 2.05) is 79.7 Å². The van der Waals surface area contributed by atoms with Crippen LogP contribution in [0.2, 0.25) is 0 Å². The number of fused-ring (bicyclic) bond motifs is 3. The minimum absolute atomic E-state index is 0. The molecule has 0 aliphatic heterocycles. The Bertz CT molecular complexity index is 1920. The van der Waals surface area contributed by atoms with Crippen LogP contribution in [0.3, 0.4) is 0 Å². The molecule has 0 aliphatic rings. The summed E-state index contributed by atoms with van der Waals surface area (Å²) < 4.78 is 8.11. The third-order valence-electron chi connectivity index (χ3n) is 8.10. The summed E-state index contributed by atoms with van der Waals surface area (Å²) in [6.45, 7) is 4.23. The number of esters is 1. The molecule has 7 aromatic rings. The molecular formula is C41H35IrN3O2-2. The van der Waals surface area contributed by atoms with Crippen LogP contribution in [-0.2, 0) is 24.9 Å². The van der Waals surface area contributed by atoms with Gasteiger partial charge in [0.25, 0.3) is 0 Å². The van der Waals surface area contributed by atoms with Crippen LogP contribution in [0.25, 0.3) is 44.3 Å². The second-order valence-corrected chi connectivity index (χ2v) is 11.2. The van der Waals surface area contributed by atoms with Gasteiger partial charge in [-0.05, 0) is 55.4 Å². The molecule has 0 aliphatic carbocycles. The molecule has 0 N–H and O–H groups in total. The van der Waals surface area contributed by atoms with Gasteiger partial charge in [-0.1, -0.05) is 67.6 Å². The Morgan fingerprint density at radius 1 is 0.723 bits per heavy atom. The van der Waals surface area contributed by atoms with Crippen molar-refractivity contribution in [3.8, 4) is 28.3 Å². The molecule has 0 amide bonds. The third-order valence-corrected chi connectivity index (χ3v) is 8.10. The van der Waals surface area contributed by atoms with Crippen molar-refractivity contribution in [2.75, 3.05) is 0 Å². The first-order valence-corrected chi connectivity index (χ1v) is 15.6. The summed E-state index contributed by atoms with van der Waals surface area (Å²) in [4.78, 5) is 21.6. The second-order valence-electron chi connectivity index (χ2n) is 11.2. The number of benzene rings is 4. The van der Waals surface area contributed by atoms with E-state index in [1.54, 1.807) is 18.5 Å². The third kappa shape index (κ3) is 7.91. The largest absolute Gasteiger partial charge is 0.475 e. The van der Waals surface area contributed by atoms with E-state index in [-0.39, 0.29) is 38.0 Å². The number of carbonyl (C=O) groups is 1. The number of hydrogen-bond acceptors (Lipinski definition) is 4. The van der Waals surface area contributed by atoms with Gasteiger partial charge in [0, 0.05) is 66.1 Å². The number of carbonyl (C=O) groups excluding carboxylic acids is 1. The second kappa shape index (κ2) is 16.1. The monoisotopic (exact) mass is 794 g/mol. The van der Waals surface area contributed by atoms with Crippen molar-refractivity contribution < 1.29 is 29.6 Å². The van der Waals surface area contributed by atoms with Gasteiger partial charge in [0.1, 0.15) is 0 Å². The Morgan fingerprint density at radius 3 is 1.81 bits per heavy atom. The first-order chi connectivity index (χ1) is 22.6. The van der Waals surface area contributed by atoms with Crippen molar-refractivity contribution in [3.63, 3.8) is 0 Å². The summed E-state index contributed by atoms with van der Waals surface area (Å²) in [5.74, 6) is 0.104. The Labute approximate surface area is 289 Å². The molecule has 2 unspecified atom stereocenters. The summed E-state index contributed by atoms with van der Waals surface area (Å²) in [5.41, 5.74) is 6.11. The molecule has 0 spiro atoms. The first kappa shape index (κ1) is 33.5. The zero-order valence-electron chi connectivity index (χ0n) is 26.3. The van der Waals surface area contributed by atoms with Gasteiger partial charge in [0.05, 0.1) is 5.92 Å². The summed E-state index contributed by atoms with van der Waals surface area (Å²) >= 11 is 0. The number of aromatic nitrogens is 3. The number of ether oxygens (including phenoxy) is 1. The molecule has 0 saturated heterocycles. The maximum Gasteiger partial charge on any atom is 0.305 e. The maximum atomic E-state index is 13.1. The summed E-state index contributed by atoms with van der Waals surface area (Å²) in [7, 11) is 0. The van der Waals surface area contributed by atoms with Crippen LogP contribution in [0.15, 0.2) is 140 Å². The maximum absolute atomic E-state index is 13.1. The zero-order chi connectivity index (χ0) is 31.7. The van der Waals surface area contributed by atoms with E-state index in [0.29, 0.717) is 12.2 Å². The molecule has 6 heteroatoms. The fraction of sp³-hybridized carbons (Fsp3) is 0.146. The minimum atomic E-state index is -0.203. The molecule has 0 fully saturated rings. The minimum Gasteiger partial charge on any atom is -0.475 e. The van der Waals surface area contributed by atoms with Crippen molar-refractivity contribution in [1.82, 2.24) is 14.5 Å². The standard InChI is InChI=1S/C30H27N2O2.C11H8N.Ir/c1-3-22(30(33)34-24-17-15-23(16-18-24)27-12-8-9-19-31-27)20-21(2)32-28-13-6-4-10-25(28)26-11-5-7-14-29(26)32;1-2-6-10(7-3-1)11-8-4-5-9-12-11;/h4-15,17-19,21-22H,3,20H2,1-2H3;1-6,8-9H;/q2*-1;. The Kier molecular flexibility index (Phi) is 11.5. The van der Waals surface area contributed by atoms with E-state index in [2.05, 4.69) is 82.1 Å². The fourth-order valence-corrected chi connectivity index (χ4v) is 5.80. The number of rotatable bonds is 8. The topological polar surface area (TPSA) is 57.0 Å². The van der Waals surface area contributed by atoms with E-state index < -0.39 is 0 Å². The summed E-state index contributed by atoms with van der Waals surface area (Å²) in [6, 6.07) is 48.2. The molecule has 47 heavy (non-hydrogen) atoms. The molecule has 0 bridgehead atoms. The summed E-state index contributed by atoms with van der Waals surface area (Å²) in [6.07, 6.45) is 4.96. The predicted molar refractivity (Wildman–Crippen MR) is 185 cm³/mol. The average molecular weight is 794 g/mol. The molecule has 7 rings (SSSR count). The smallest absolute Gasteiger partial charge is 0.305 e. The molecule has 0 saturated carbocycles. The quantitative estimate of drug-likeness (QED) is 0.0874. The van der Waals surface area contributed by atoms with Gasteiger partial charge in [-0.3, -0.25) is 4.79 Å². The molecule has 4 aromatic carbocycles. The van der Waals surface area contributed by atoms with Gasteiger partial charge < -0.3 is 19.3 Å². The van der Waals surface area contributed by atoms with Gasteiger partial charge in [0.15, 0.2) is 0 Å². The van der Waals surface area contributed by atoms with Crippen molar-refractivity contribution in [2.45, 2.75) is 32.7 Å². The molecular weight excluding hydrogens is 759 g/mol. The van der Waals surface area contributed by atoms with Crippen molar-refractivity contribution in [1.29, 1.82) is 0 Å². The molecule has 3 aromatic heterocycles. The number of nitrogens with zero attached hydrogens (tertiary/aromatic N) is 3. The average Bonchev–Trinajstić information content (AvgIpc) is 3.47. The van der Waals surface area contributed by atoms with Gasteiger partial charge in [-0.2, -0.15) is 0 Å². The fourth-order valence-electron chi connectivity index (χ4n) is 5.80. The zero-order valence-corrected chi connectivity index (χ0v) is 28.7. The predicted octanol–water partition coefficient (Wildman–Crippen LogP) is 9.79. The van der Waals surface area contributed by atoms with Crippen molar-refractivity contribution >= 4 is 27.8 Å². The number of para-hydroxylation sites is 2. The number of pyridine rings is 2. The van der Waals surface area contributed by atoms with E-state index in [4.69, 9.17) is 4.74 Å². The summed E-state index contributed by atoms with van der Waals surface area (Å²) in [5, 5.41) is 2.48. The molecule has 5 nitrogen and oxygen atoms in total. The Hall–Kier alpha value is -4.90. The first-order valence-electron chi connectivity index (χ1n) is 15.6. The van der Waals surface area contributed by atoms with Gasteiger partial charge in [-0.15, -0.1) is 65.7 Å². The van der Waals surface area contributed by atoms with Gasteiger partial charge >= 0.3 is 5.97 Å². The van der Waals surface area contributed by atoms with Gasteiger partial charge in [-0.25, -0.2) is 0 Å². The molecule has 1 radical (unpaired) electrons. The van der Waals surface area contributed by atoms with E-state index >= 15 is 0 Å².